The van der Waals surface area contributed by atoms with Crippen molar-refractivity contribution in [2.45, 2.75) is 57.9 Å². The van der Waals surface area contributed by atoms with Gasteiger partial charge in [0.2, 0.25) is 0 Å². The van der Waals surface area contributed by atoms with E-state index in [4.69, 9.17) is 0 Å². The average Bonchev–Trinajstić information content (AvgIpc) is 2.91. The molecule has 3 fully saturated rings. The summed E-state index contributed by atoms with van der Waals surface area (Å²) in [6, 6.07) is -0.358. The Balaban J connectivity index is 1.51. The van der Waals surface area contributed by atoms with E-state index in [1.54, 1.807) is 0 Å². The van der Waals surface area contributed by atoms with Gasteiger partial charge in [-0.05, 0) is 55.8 Å². The highest BCUT2D eigenvalue weighted by Crippen LogP contribution is 2.49. The van der Waals surface area contributed by atoms with Crippen LogP contribution in [-0.2, 0) is 4.79 Å². The zero-order valence-electron chi connectivity index (χ0n) is 12.7. The molecule has 4 unspecified atom stereocenters. The summed E-state index contributed by atoms with van der Waals surface area (Å²) in [6.45, 7) is 2.90. The first-order valence-electron chi connectivity index (χ1n) is 8.32. The van der Waals surface area contributed by atoms with E-state index < -0.39 is 5.97 Å². The topological polar surface area (TPSA) is 78.4 Å². The summed E-state index contributed by atoms with van der Waals surface area (Å²) in [5, 5.41) is 15.3. The summed E-state index contributed by atoms with van der Waals surface area (Å²) >= 11 is 0. The van der Waals surface area contributed by atoms with Crippen LogP contribution in [0.25, 0.3) is 0 Å². The summed E-state index contributed by atoms with van der Waals surface area (Å²) < 4.78 is 0. The molecular formula is C16H26N2O3. The molecule has 118 valence electrons. The van der Waals surface area contributed by atoms with Gasteiger partial charge in [0.1, 0.15) is 0 Å². The molecule has 0 saturated heterocycles. The van der Waals surface area contributed by atoms with Gasteiger partial charge in [0.25, 0.3) is 0 Å². The standard InChI is InChI=1S/C16H26N2O3/c1-2-5-16(6-7-16)9-17-15(21)18-13-11-4-3-10(8-11)12(13)14(19)20/h10-13H,2-9H2,1H3,(H,19,20)(H2,17,18,21). The molecule has 3 aliphatic rings. The molecule has 0 aliphatic heterocycles. The highest BCUT2D eigenvalue weighted by atomic mass is 16.4. The van der Waals surface area contributed by atoms with Crippen LogP contribution >= 0.6 is 0 Å². The van der Waals surface area contributed by atoms with E-state index in [0.29, 0.717) is 11.3 Å². The lowest BCUT2D eigenvalue weighted by Crippen LogP contribution is -2.51. The smallest absolute Gasteiger partial charge is 0.315 e. The number of hydrogen-bond donors (Lipinski definition) is 3. The number of carbonyl (C=O) groups excluding carboxylic acids is 1. The SMILES string of the molecule is CCCC1(CNC(=O)NC2C3CCC(C3)C2C(=O)O)CC1. The van der Waals surface area contributed by atoms with Gasteiger partial charge in [-0.2, -0.15) is 0 Å². The predicted octanol–water partition coefficient (Wildman–Crippen LogP) is 2.37. The van der Waals surface area contributed by atoms with Gasteiger partial charge in [0, 0.05) is 12.6 Å². The average molecular weight is 294 g/mol. The Kier molecular flexibility index (Phi) is 3.84. The Hall–Kier alpha value is -1.26. The molecule has 0 aromatic heterocycles. The fourth-order valence-corrected chi connectivity index (χ4v) is 4.55. The van der Waals surface area contributed by atoms with Gasteiger partial charge in [-0.25, -0.2) is 4.79 Å². The van der Waals surface area contributed by atoms with Crippen molar-refractivity contribution in [3.05, 3.63) is 0 Å². The number of aliphatic carboxylic acids is 1. The molecule has 0 radical (unpaired) electrons. The van der Waals surface area contributed by atoms with E-state index in [2.05, 4.69) is 17.6 Å². The van der Waals surface area contributed by atoms with Crippen molar-refractivity contribution in [2.75, 3.05) is 6.54 Å². The van der Waals surface area contributed by atoms with E-state index in [-0.39, 0.29) is 23.9 Å². The largest absolute Gasteiger partial charge is 0.481 e. The summed E-state index contributed by atoms with van der Waals surface area (Å²) in [5.41, 5.74) is 0.326. The second kappa shape index (κ2) is 5.50. The first-order valence-corrected chi connectivity index (χ1v) is 8.32. The van der Waals surface area contributed by atoms with Crippen molar-refractivity contribution < 1.29 is 14.7 Å². The van der Waals surface area contributed by atoms with Gasteiger partial charge < -0.3 is 15.7 Å². The molecule has 0 aromatic carbocycles. The fraction of sp³-hybridized carbons (Fsp3) is 0.875. The molecule has 2 bridgehead atoms. The quantitative estimate of drug-likeness (QED) is 0.703. The van der Waals surface area contributed by atoms with E-state index in [1.165, 1.54) is 19.3 Å². The van der Waals surface area contributed by atoms with Crippen LogP contribution in [0.5, 0.6) is 0 Å². The Morgan fingerprint density at radius 1 is 1.24 bits per heavy atom. The fourth-order valence-electron chi connectivity index (χ4n) is 4.55. The molecular weight excluding hydrogens is 268 g/mol. The zero-order chi connectivity index (χ0) is 15.0. The number of nitrogens with one attached hydrogen (secondary N) is 2. The van der Waals surface area contributed by atoms with E-state index in [0.717, 1.165) is 32.2 Å². The number of carboxylic acid groups (broad SMARTS) is 1. The normalized spacial score (nSPS) is 35.5. The van der Waals surface area contributed by atoms with Gasteiger partial charge in [-0.1, -0.05) is 13.3 Å². The van der Waals surface area contributed by atoms with Crippen LogP contribution in [0.4, 0.5) is 4.79 Å². The third-order valence-corrected chi connectivity index (χ3v) is 5.86. The first-order chi connectivity index (χ1) is 10.0. The second-order valence-electron chi connectivity index (χ2n) is 7.30. The van der Waals surface area contributed by atoms with Crippen molar-refractivity contribution in [2.24, 2.45) is 23.2 Å². The number of carboxylic acids is 1. The Bertz CT molecular complexity index is 433. The van der Waals surface area contributed by atoms with Crippen molar-refractivity contribution in [3.63, 3.8) is 0 Å². The number of rotatable bonds is 6. The van der Waals surface area contributed by atoms with Crippen LogP contribution in [0.1, 0.15) is 51.9 Å². The second-order valence-corrected chi connectivity index (χ2v) is 7.30. The molecule has 2 amide bonds. The number of carbonyl (C=O) groups is 2. The summed E-state index contributed by atoms with van der Waals surface area (Å²) in [5.74, 6) is -0.530. The Morgan fingerprint density at radius 3 is 2.57 bits per heavy atom. The summed E-state index contributed by atoms with van der Waals surface area (Å²) in [4.78, 5) is 23.5. The number of urea groups is 1. The molecule has 3 saturated carbocycles. The van der Waals surface area contributed by atoms with Crippen LogP contribution in [0.15, 0.2) is 0 Å². The molecule has 0 spiro atoms. The van der Waals surface area contributed by atoms with Crippen LogP contribution in [0.3, 0.4) is 0 Å². The molecule has 0 aromatic rings. The van der Waals surface area contributed by atoms with Gasteiger partial charge in [-0.15, -0.1) is 0 Å². The molecule has 3 aliphatic carbocycles. The van der Waals surface area contributed by atoms with Gasteiger partial charge in [-0.3, -0.25) is 4.79 Å². The maximum Gasteiger partial charge on any atom is 0.315 e. The molecule has 21 heavy (non-hydrogen) atoms. The van der Waals surface area contributed by atoms with Crippen LogP contribution in [-0.4, -0.2) is 29.7 Å². The number of fused-ring (bicyclic) bond motifs is 2. The zero-order valence-corrected chi connectivity index (χ0v) is 12.7. The minimum Gasteiger partial charge on any atom is -0.481 e. The predicted molar refractivity (Wildman–Crippen MR) is 78.9 cm³/mol. The lowest BCUT2D eigenvalue weighted by Gasteiger charge is -2.29. The monoisotopic (exact) mass is 294 g/mol. The molecule has 4 atom stereocenters. The third-order valence-electron chi connectivity index (χ3n) is 5.86. The molecule has 5 heteroatoms. The van der Waals surface area contributed by atoms with E-state index in [1.807, 2.05) is 0 Å². The Labute approximate surface area is 125 Å². The minimum absolute atomic E-state index is 0.178. The Morgan fingerprint density at radius 2 is 1.95 bits per heavy atom. The van der Waals surface area contributed by atoms with Crippen LogP contribution in [0.2, 0.25) is 0 Å². The first kappa shape index (κ1) is 14.7. The minimum atomic E-state index is -0.753. The lowest BCUT2D eigenvalue weighted by molar-refractivity contribution is -0.144. The lowest BCUT2D eigenvalue weighted by atomic mass is 9.84. The molecule has 0 heterocycles. The van der Waals surface area contributed by atoms with E-state index >= 15 is 0 Å². The van der Waals surface area contributed by atoms with Crippen molar-refractivity contribution in [3.8, 4) is 0 Å². The molecule has 3 N–H and O–H groups in total. The third kappa shape index (κ3) is 2.87. The highest BCUT2D eigenvalue weighted by molar-refractivity contribution is 5.77. The van der Waals surface area contributed by atoms with Crippen LogP contribution < -0.4 is 10.6 Å². The van der Waals surface area contributed by atoms with Gasteiger partial charge in [0.05, 0.1) is 5.92 Å². The number of amides is 2. The van der Waals surface area contributed by atoms with Crippen molar-refractivity contribution >= 4 is 12.0 Å². The van der Waals surface area contributed by atoms with Crippen LogP contribution in [0, 0.1) is 23.2 Å². The van der Waals surface area contributed by atoms with E-state index in [9.17, 15) is 14.7 Å². The van der Waals surface area contributed by atoms with Crippen molar-refractivity contribution in [1.82, 2.24) is 10.6 Å². The molecule has 3 rings (SSSR count). The van der Waals surface area contributed by atoms with Gasteiger partial charge in [0.15, 0.2) is 0 Å². The number of hydrogen-bond acceptors (Lipinski definition) is 2. The summed E-state index contributed by atoms with van der Waals surface area (Å²) in [6.07, 6.45) is 7.73. The molecule has 5 nitrogen and oxygen atoms in total. The maximum absolute atomic E-state index is 12.1. The highest BCUT2D eigenvalue weighted by Gasteiger charge is 2.51. The van der Waals surface area contributed by atoms with Gasteiger partial charge >= 0.3 is 12.0 Å². The summed E-state index contributed by atoms with van der Waals surface area (Å²) in [7, 11) is 0. The van der Waals surface area contributed by atoms with Crippen molar-refractivity contribution in [1.29, 1.82) is 0 Å². The maximum atomic E-state index is 12.1.